The van der Waals surface area contributed by atoms with Crippen molar-refractivity contribution in [3.05, 3.63) is 108 Å². The third-order valence-electron chi connectivity index (χ3n) is 5.52. The molecule has 0 aromatic heterocycles. The maximum Gasteiger partial charge on any atom is 0.241 e. The van der Waals surface area contributed by atoms with Crippen molar-refractivity contribution in [3.63, 3.8) is 0 Å². The van der Waals surface area contributed by atoms with Gasteiger partial charge in [0.15, 0.2) is 0 Å². The Balaban J connectivity index is 1.55. The lowest BCUT2D eigenvalue weighted by Crippen LogP contribution is -2.27. The second kappa shape index (κ2) is 10.5. The van der Waals surface area contributed by atoms with Crippen molar-refractivity contribution in [3.8, 4) is 0 Å². The van der Waals surface area contributed by atoms with E-state index < -0.39 is 20.0 Å². The second-order valence-corrected chi connectivity index (χ2v) is 11.3. The molecule has 0 radical (unpaired) electrons. The molecule has 0 bridgehead atoms. The highest BCUT2D eigenvalue weighted by Crippen LogP contribution is 2.28. The minimum Gasteiger partial charge on any atom is -0.211 e. The Hall–Kier alpha value is -3.04. The van der Waals surface area contributed by atoms with Gasteiger partial charge in [-0.2, -0.15) is 0 Å². The predicted molar refractivity (Wildman–Crippen MR) is 135 cm³/mol. The lowest BCUT2D eigenvalue weighted by Gasteiger charge is -2.13. The first-order valence-electron chi connectivity index (χ1n) is 11.0. The summed E-state index contributed by atoms with van der Waals surface area (Å²) in [5.74, 6) is 0. The molecular formula is C26H26N2O4S2. The molecule has 0 heterocycles. The van der Waals surface area contributed by atoms with Crippen molar-refractivity contribution in [1.29, 1.82) is 0 Å². The van der Waals surface area contributed by atoms with Gasteiger partial charge in [0.25, 0.3) is 0 Å². The van der Waals surface area contributed by atoms with Crippen LogP contribution in [0.15, 0.2) is 107 Å². The fourth-order valence-corrected chi connectivity index (χ4v) is 6.33. The van der Waals surface area contributed by atoms with Crippen molar-refractivity contribution in [2.45, 2.75) is 22.6 Å². The molecule has 0 aliphatic heterocycles. The molecule has 0 unspecified atom stereocenters. The summed E-state index contributed by atoms with van der Waals surface area (Å²) in [7, 11) is -7.67. The van der Waals surface area contributed by atoms with Crippen LogP contribution in [0.25, 0.3) is 10.8 Å². The first-order chi connectivity index (χ1) is 16.4. The summed E-state index contributed by atoms with van der Waals surface area (Å²) in [6, 6.07) is 28.6. The van der Waals surface area contributed by atoms with Crippen LogP contribution in [0.2, 0.25) is 0 Å². The van der Waals surface area contributed by atoms with Gasteiger partial charge in [0, 0.05) is 23.9 Å². The maximum absolute atomic E-state index is 13.1. The first kappa shape index (κ1) is 24.1. The highest BCUT2D eigenvalue weighted by atomic mass is 32.2. The minimum absolute atomic E-state index is 0.0550. The fourth-order valence-electron chi connectivity index (χ4n) is 3.83. The van der Waals surface area contributed by atoms with E-state index in [4.69, 9.17) is 0 Å². The zero-order valence-corrected chi connectivity index (χ0v) is 20.1. The zero-order valence-electron chi connectivity index (χ0n) is 18.5. The van der Waals surface area contributed by atoms with E-state index in [0.29, 0.717) is 23.6 Å². The van der Waals surface area contributed by atoms with Crippen LogP contribution >= 0.6 is 0 Å². The first-order valence-corrected chi connectivity index (χ1v) is 13.9. The van der Waals surface area contributed by atoms with Gasteiger partial charge >= 0.3 is 0 Å². The summed E-state index contributed by atoms with van der Waals surface area (Å²) in [6.07, 6.45) is 1.10. The number of hydrogen-bond donors (Lipinski definition) is 2. The van der Waals surface area contributed by atoms with Gasteiger partial charge in [-0.25, -0.2) is 26.3 Å². The Morgan fingerprint density at radius 3 is 1.24 bits per heavy atom. The summed E-state index contributed by atoms with van der Waals surface area (Å²) in [5.41, 5.74) is 2.05. The molecule has 6 nitrogen and oxygen atoms in total. The maximum atomic E-state index is 13.1. The van der Waals surface area contributed by atoms with E-state index in [1.807, 2.05) is 60.7 Å². The normalized spacial score (nSPS) is 12.1. The van der Waals surface area contributed by atoms with Gasteiger partial charge in [0.2, 0.25) is 20.0 Å². The average Bonchev–Trinajstić information content (AvgIpc) is 2.84. The third-order valence-corrected chi connectivity index (χ3v) is 8.56. The van der Waals surface area contributed by atoms with Crippen LogP contribution in [0.5, 0.6) is 0 Å². The Labute approximate surface area is 200 Å². The topological polar surface area (TPSA) is 92.3 Å². The lowest BCUT2D eigenvalue weighted by atomic mass is 10.1. The van der Waals surface area contributed by atoms with Crippen molar-refractivity contribution >= 4 is 30.8 Å². The number of sulfonamides is 2. The van der Waals surface area contributed by atoms with Gasteiger partial charge in [-0.05, 0) is 36.1 Å². The monoisotopic (exact) mass is 494 g/mol. The number of nitrogens with one attached hydrogen (secondary N) is 2. The van der Waals surface area contributed by atoms with Gasteiger partial charge in [0.1, 0.15) is 0 Å². The summed E-state index contributed by atoms with van der Waals surface area (Å²) in [4.78, 5) is 0.110. The van der Waals surface area contributed by atoms with E-state index >= 15 is 0 Å². The van der Waals surface area contributed by atoms with Crippen molar-refractivity contribution < 1.29 is 16.8 Å². The molecule has 0 saturated carbocycles. The van der Waals surface area contributed by atoms with E-state index in [-0.39, 0.29) is 22.9 Å². The summed E-state index contributed by atoms with van der Waals surface area (Å²) in [6.45, 7) is 0.476. The molecule has 176 valence electrons. The smallest absolute Gasteiger partial charge is 0.211 e. The molecule has 0 amide bonds. The van der Waals surface area contributed by atoms with E-state index in [2.05, 4.69) is 9.44 Å². The number of benzene rings is 4. The Morgan fingerprint density at radius 1 is 0.471 bits per heavy atom. The van der Waals surface area contributed by atoms with Crippen LogP contribution in [0.3, 0.4) is 0 Å². The molecular weight excluding hydrogens is 468 g/mol. The largest absolute Gasteiger partial charge is 0.241 e. The molecule has 4 rings (SSSR count). The van der Waals surface area contributed by atoms with Crippen molar-refractivity contribution in [1.82, 2.24) is 9.44 Å². The molecule has 0 spiro atoms. The molecule has 0 atom stereocenters. The second-order valence-electron chi connectivity index (χ2n) is 7.87. The van der Waals surface area contributed by atoms with Gasteiger partial charge in [0.05, 0.1) is 9.79 Å². The Kier molecular flexibility index (Phi) is 7.43. The fraction of sp³-hybridized carbons (Fsp3) is 0.154. The van der Waals surface area contributed by atoms with Crippen LogP contribution < -0.4 is 9.44 Å². The van der Waals surface area contributed by atoms with E-state index in [9.17, 15) is 16.8 Å². The van der Waals surface area contributed by atoms with Crippen LogP contribution in [0.1, 0.15) is 11.1 Å². The molecule has 8 heteroatoms. The minimum atomic E-state index is -3.84. The summed E-state index contributed by atoms with van der Waals surface area (Å²) in [5, 5.41) is 0.723. The van der Waals surface area contributed by atoms with Crippen LogP contribution in [0.4, 0.5) is 0 Å². The number of rotatable bonds is 10. The molecule has 4 aromatic rings. The number of hydrogen-bond acceptors (Lipinski definition) is 4. The van der Waals surface area contributed by atoms with Crippen LogP contribution in [-0.4, -0.2) is 29.9 Å². The third kappa shape index (κ3) is 5.71. The van der Waals surface area contributed by atoms with E-state index in [1.165, 1.54) is 12.1 Å². The molecule has 34 heavy (non-hydrogen) atoms. The quantitative estimate of drug-likeness (QED) is 0.350. The van der Waals surface area contributed by atoms with Crippen LogP contribution in [-0.2, 0) is 32.9 Å². The molecule has 4 aromatic carbocycles. The van der Waals surface area contributed by atoms with Gasteiger partial charge in [-0.3, -0.25) is 0 Å². The molecule has 0 fully saturated rings. The Bertz CT molecular complexity index is 1360. The van der Waals surface area contributed by atoms with Crippen LogP contribution in [0, 0.1) is 0 Å². The molecule has 0 saturated heterocycles. The summed E-state index contributed by atoms with van der Waals surface area (Å²) >= 11 is 0. The molecule has 0 aliphatic carbocycles. The van der Waals surface area contributed by atoms with Gasteiger partial charge in [-0.15, -0.1) is 0 Å². The molecule has 0 aliphatic rings. The van der Waals surface area contributed by atoms with Gasteiger partial charge < -0.3 is 0 Å². The van der Waals surface area contributed by atoms with E-state index in [1.54, 1.807) is 24.3 Å². The Morgan fingerprint density at radius 2 is 0.853 bits per heavy atom. The SMILES string of the molecule is O=S(=O)(NCCc1ccccc1)c1cccc2c(S(=O)(=O)NCCc3ccccc3)cccc12. The highest BCUT2D eigenvalue weighted by molar-refractivity contribution is 7.90. The van der Waals surface area contributed by atoms with Crippen molar-refractivity contribution in [2.24, 2.45) is 0 Å². The highest BCUT2D eigenvalue weighted by Gasteiger charge is 2.22. The van der Waals surface area contributed by atoms with Gasteiger partial charge in [-0.1, -0.05) is 84.9 Å². The summed E-state index contributed by atoms with van der Waals surface area (Å²) < 4.78 is 57.5. The standard InChI is InChI=1S/C26H26N2O4S2/c29-33(30,27-19-17-21-9-3-1-4-10-21)25-15-7-14-24-23(25)13-8-16-26(24)34(31,32)28-20-18-22-11-5-2-6-12-22/h1-16,27-28H,17-20H2. The van der Waals surface area contributed by atoms with Crippen molar-refractivity contribution in [2.75, 3.05) is 13.1 Å². The van der Waals surface area contributed by atoms with E-state index in [0.717, 1.165) is 11.1 Å². The lowest BCUT2D eigenvalue weighted by molar-refractivity contribution is 0.580. The molecule has 2 N–H and O–H groups in total. The predicted octanol–water partition coefficient (Wildman–Crippen LogP) is 3.88. The zero-order chi connectivity index (χ0) is 24.0. The average molecular weight is 495 g/mol. The number of fused-ring (bicyclic) bond motifs is 1.